The second kappa shape index (κ2) is 8.43. The molecule has 3 aromatic rings. The zero-order chi connectivity index (χ0) is 20.1. The molecule has 0 saturated carbocycles. The van der Waals surface area contributed by atoms with Crippen molar-refractivity contribution in [2.24, 2.45) is 0 Å². The van der Waals surface area contributed by atoms with Crippen molar-refractivity contribution in [2.75, 3.05) is 6.54 Å². The average Bonchev–Trinajstić information content (AvgIpc) is 2.72. The van der Waals surface area contributed by atoms with Crippen LogP contribution in [-0.2, 0) is 5.41 Å². The summed E-state index contributed by atoms with van der Waals surface area (Å²) < 4.78 is 0. The third-order valence-electron chi connectivity index (χ3n) is 5.14. The van der Waals surface area contributed by atoms with E-state index in [2.05, 4.69) is 57.2 Å². The van der Waals surface area contributed by atoms with Gasteiger partial charge in [-0.3, -0.25) is 4.79 Å². The first-order valence-corrected chi connectivity index (χ1v) is 9.93. The molecule has 28 heavy (non-hydrogen) atoms. The number of benzene rings is 3. The molecule has 2 nitrogen and oxygen atoms in total. The Morgan fingerprint density at radius 3 is 1.64 bits per heavy atom. The van der Waals surface area contributed by atoms with Gasteiger partial charge >= 0.3 is 0 Å². The molecule has 0 aliphatic carbocycles. The second-order valence-corrected chi connectivity index (χ2v) is 8.14. The number of hydrogen-bond donors (Lipinski definition) is 0. The molecule has 0 fully saturated rings. The van der Waals surface area contributed by atoms with Crippen molar-refractivity contribution in [3.8, 4) is 0 Å². The summed E-state index contributed by atoms with van der Waals surface area (Å²) in [6.45, 7) is 9.23. The first kappa shape index (κ1) is 19.9. The van der Waals surface area contributed by atoms with Crippen LogP contribution >= 0.6 is 0 Å². The fraction of sp³-hybridized carbons (Fsp3) is 0.269. The number of carbonyl (C=O) groups excluding carboxylic acids is 1. The van der Waals surface area contributed by atoms with Crippen LogP contribution in [0.25, 0.3) is 0 Å². The molecule has 0 aliphatic heterocycles. The van der Waals surface area contributed by atoms with E-state index < -0.39 is 0 Å². The highest BCUT2D eigenvalue weighted by atomic mass is 16.2. The lowest BCUT2D eigenvalue weighted by molar-refractivity contribution is 0.0717. The van der Waals surface area contributed by atoms with Crippen LogP contribution in [0.1, 0.15) is 60.8 Å². The normalized spacial score (nSPS) is 11.5. The molecule has 0 spiro atoms. The van der Waals surface area contributed by atoms with E-state index >= 15 is 0 Å². The minimum Gasteiger partial charge on any atom is -0.328 e. The molecule has 0 atom stereocenters. The number of nitrogens with zero attached hydrogens (tertiary/aromatic N) is 1. The van der Waals surface area contributed by atoms with Gasteiger partial charge in [-0.25, -0.2) is 0 Å². The van der Waals surface area contributed by atoms with Crippen molar-refractivity contribution in [1.82, 2.24) is 4.90 Å². The van der Waals surface area contributed by atoms with Gasteiger partial charge in [0.15, 0.2) is 0 Å². The van der Waals surface area contributed by atoms with Crippen molar-refractivity contribution in [3.05, 3.63) is 107 Å². The average molecular weight is 372 g/mol. The molecule has 0 bridgehead atoms. The maximum absolute atomic E-state index is 13.5. The zero-order valence-corrected chi connectivity index (χ0v) is 17.2. The molecule has 3 aromatic carbocycles. The van der Waals surface area contributed by atoms with Gasteiger partial charge in [0.1, 0.15) is 0 Å². The smallest absolute Gasteiger partial charge is 0.254 e. The van der Waals surface area contributed by atoms with Crippen molar-refractivity contribution < 1.29 is 4.79 Å². The van der Waals surface area contributed by atoms with E-state index in [1.165, 1.54) is 5.56 Å². The molecule has 0 radical (unpaired) electrons. The lowest BCUT2D eigenvalue weighted by Crippen LogP contribution is -2.35. The summed E-state index contributed by atoms with van der Waals surface area (Å²) in [4.78, 5) is 15.4. The predicted molar refractivity (Wildman–Crippen MR) is 117 cm³/mol. The number of hydrogen-bond acceptors (Lipinski definition) is 1. The third-order valence-corrected chi connectivity index (χ3v) is 5.14. The van der Waals surface area contributed by atoms with Crippen LogP contribution in [0.3, 0.4) is 0 Å². The Balaban J connectivity index is 1.99. The third kappa shape index (κ3) is 4.33. The largest absolute Gasteiger partial charge is 0.328 e. The first-order chi connectivity index (χ1) is 13.4. The second-order valence-electron chi connectivity index (χ2n) is 8.14. The molecule has 0 heterocycles. The lowest BCUT2D eigenvalue weighted by atomic mass is 9.86. The summed E-state index contributed by atoms with van der Waals surface area (Å²) in [7, 11) is 0. The zero-order valence-electron chi connectivity index (χ0n) is 17.2. The summed E-state index contributed by atoms with van der Waals surface area (Å²) in [6, 6.07) is 28.5. The van der Waals surface area contributed by atoms with Crippen LogP contribution in [0.4, 0.5) is 0 Å². The van der Waals surface area contributed by atoms with Crippen molar-refractivity contribution in [1.29, 1.82) is 0 Å². The minimum absolute atomic E-state index is 0.0562. The van der Waals surface area contributed by atoms with Gasteiger partial charge in [-0.1, -0.05) is 93.6 Å². The van der Waals surface area contributed by atoms with Gasteiger partial charge in [-0.05, 0) is 41.2 Å². The molecule has 0 unspecified atom stereocenters. The maximum atomic E-state index is 13.5. The van der Waals surface area contributed by atoms with E-state index in [9.17, 15) is 4.79 Å². The first-order valence-electron chi connectivity index (χ1n) is 9.93. The molecule has 3 rings (SSSR count). The van der Waals surface area contributed by atoms with E-state index in [0.29, 0.717) is 6.54 Å². The van der Waals surface area contributed by atoms with Gasteiger partial charge in [0, 0.05) is 12.1 Å². The van der Waals surface area contributed by atoms with Crippen LogP contribution in [0.15, 0.2) is 84.9 Å². The van der Waals surface area contributed by atoms with Gasteiger partial charge in [0.25, 0.3) is 5.91 Å². The monoisotopic (exact) mass is 371 g/mol. The number of carbonyl (C=O) groups is 1. The molecule has 0 aliphatic rings. The van der Waals surface area contributed by atoms with Gasteiger partial charge in [-0.15, -0.1) is 0 Å². The topological polar surface area (TPSA) is 20.3 Å². The Hall–Kier alpha value is -2.87. The van der Waals surface area contributed by atoms with Crippen LogP contribution < -0.4 is 0 Å². The molecular weight excluding hydrogens is 342 g/mol. The molecule has 144 valence electrons. The fourth-order valence-electron chi connectivity index (χ4n) is 3.55. The summed E-state index contributed by atoms with van der Waals surface area (Å²) in [5.74, 6) is 0.0562. The lowest BCUT2D eigenvalue weighted by Gasteiger charge is -2.32. The van der Waals surface area contributed by atoms with E-state index in [1.807, 2.05) is 60.4 Å². The van der Waals surface area contributed by atoms with E-state index in [0.717, 1.165) is 16.7 Å². The van der Waals surface area contributed by atoms with Gasteiger partial charge < -0.3 is 4.90 Å². The van der Waals surface area contributed by atoms with Gasteiger partial charge in [0.2, 0.25) is 0 Å². The van der Waals surface area contributed by atoms with Crippen molar-refractivity contribution in [2.45, 2.75) is 39.2 Å². The summed E-state index contributed by atoms with van der Waals surface area (Å²) in [6.07, 6.45) is 0. The minimum atomic E-state index is -0.109. The van der Waals surface area contributed by atoms with Crippen LogP contribution in [-0.4, -0.2) is 17.4 Å². The summed E-state index contributed by atoms with van der Waals surface area (Å²) in [5, 5.41) is 0. The van der Waals surface area contributed by atoms with E-state index in [1.54, 1.807) is 0 Å². The summed E-state index contributed by atoms with van der Waals surface area (Å²) in [5.41, 5.74) is 4.27. The Bertz CT molecular complexity index is 853. The molecule has 0 saturated heterocycles. The van der Waals surface area contributed by atoms with Crippen molar-refractivity contribution in [3.63, 3.8) is 0 Å². The standard InChI is InChI=1S/C26H29NO/c1-5-27(25(28)22-16-18-23(19-17-22)26(2,3)4)24(20-12-8-6-9-13-20)21-14-10-7-11-15-21/h6-19,24H,5H2,1-4H3. The Kier molecular flexibility index (Phi) is 5.99. The predicted octanol–water partition coefficient (Wildman–Crippen LogP) is 6.24. The van der Waals surface area contributed by atoms with E-state index in [-0.39, 0.29) is 17.4 Å². The van der Waals surface area contributed by atoms with Gasteiger partial charge in [-0.2, -0.15) is 0 Å². The molecule has 1 amide bonds. The fourth-order valence-corrected chi connectivity index (χ4v) is 3.55. The van der Waals surface area contributed by atoms with E-state index in [4.69, 9.17) is 0 Å². The molecule has 2 heteroatoms. The quantitative estimate of drug-likeness (QED) is 0.520. The van der Waals surface area contributed by atoms with Crippen molar-refractivity contribution >= 4 is 5.91 Å². The SMILES string of the molecule is CCN(C(=O)c1ccc(C(C)(C)C)cc1)C(c1ccccc1)c1ccccc1. The molecular formula is C26H29NO. The molecule has 0 N–H and O–H groups in total. The summed E-state index contributed by atoms with van der Waals surface area (Å²) >= 11 is 0. The Labute approximate surface area is 168 Å². The van der Waals surface area contributed by atoms with Gasteiger partial charge in [0.05, 0.1) is 6.04 Å². The molecule has 0 aromatic heterocycles. The maximum Gasteiger partial charge on any atom is 0.254 e. The van der Waals surface area contributed by atoms with Crippen LogP contribution in [0, 0.1) is 0 Å². The van der Waals surface area contributed by atoms with Crippen LogP contribution in [0.5, 0.6) is 0 Å². The highest BCUT2D eigenvalue weighted by Gasteiger charge is 2.26. The number of amides is 1. The Morgan fingerprint density at radius 1 is 0.786 bits per heavy atom. The number of rotatable bonds is 5. The Morgan fingerprint density at radius 2 is 1.25 bits per heavy atom. The van der Waals surface area contributed by atoms with Crippen LogP contribution in [0.2, 0.25) is 0 Å². The highest BCUT2D eigenvalue weighted by molar-refractivity contribution is 5.94. The highest BCUT2D eigenvalue weighted by Crippen LogP contribution is 2.30.